The molecule has 0 saturated carbocycles. The fourth-order valence-corrected chi connectivity index (χ4v) is 1.01. The molecule has 1 radical (unpaired) electrons. The van der Waals surface area contributed by atoms with Gasteiger partial charge in [-0.3, -0.25) is 4.79 Å². The van der Waals surface area contributed by atoms with Crippen LogP contribution in [0.15, 0.2) is 0 Å². The van der Waals surface area contributed by atoms with Crippen molar-refractivity contribution in [2.24, 2.45) is 11.5 Å². The summed E-state index contributed by atoms with van der Waals surface area (Å²) in [6.45, 7) is 4.27. The molecule has 0 spiro atoms. The molecule has 0 saturated heterocycles. The van der Waals surface area contributed by atoms with Gasteiger partial charge in [-0.2, -0.15) is 0 Å². The maximum absolute atomic E-state index is 11.2. The molecule has 0 aromatic heterocycles. The van der Waals surface area contributed by atoms with E-state index in [1.807, 2.05) is 0 Å². The van der Waals surface area contributed by atoms with Crippen LogP contribution in [0.5, 0.6) is 0 Å². The van der Waals surface area contributed by atoms with Crippen LogP contribution < -0.4 is 11.5 Å². The van der Waals surface area contributed by atoms with Crippen molar-refractivity contribution in [1.82, 2.24) is 0 Å². The fraction of sp³-hybridized carbons (Fsp3) is 0.778. The van der Waals surface area contributed by atoms with E-state index in [1.54, 1.807) is 13.8 Å². The van der Waals surface area contributed by atoms with Crippen LogP contribution in [0, 0.1) is 5.92 Å². The van der Waals surface area contributed by atoms with Gasteiger partial charge in [0.15, 0.2) is 5.78 Å². The number of hydrogen-bond donors (Lipinski definition) is 2. The third kappa shape index (κ3) is 4.46. The minimum absolute atomic E-state index is 0.0759. The average Bonchev–Trinajstić information content (AvgIpc) is 2.03. The van der Waals surface area contributed by atoms with E-state index >= 15 is 0 Å². The minimum Gasteiger partial charge on any atom is -0.330 e. The molecule has 0 aromatic rings. The van der Waals surface area contributed by atoms with E-state index in [9.17, 15) is 4.79 Å². The summed E-state index contributed by atoms with van der Waals surface area (Å²) in [4.78, 5) is 11.2. The summed E-state index contributed by atoms with van der Waals surface area (Å²) in [5.74, 6) is 0.863. The second-order valence-corrected chi connectivity index (χ2v) is 3.26. The quantitative estimate of drug-likeness (QED) is 0.576. The highest BCUT2D eigenvalue weighted by Crippen LogP contribution is 2.06. The summed E-state index contributed by atoms with van der Waals surface area (Å²) in [5.41, 5.74) is 11.0. The molecule has 12 heavy (non-hydrogen) atoms. The number of carbonyl (C=O) groups excluding carboxylic acids is 1. The van der Waals surface area contributed by atoms with Crippen LogP contribution in [-0.2, 0) is 4.79 Å². The van der Waals surface area contributed by atoms with E-state index in [0.29, 0.717) is 6.54 Å². The van der Waals surface area contributed by atoms with Crippen LogP contribution in [-0.4, -0.2) is 18.4 Å². The molecule has 4 N–H and O–H groups in total. The molecule has 0 heterocycles. The molecule has 0 fully saturated rings. The van der Waals surface area contributed by atoms with Crippen LogP contribution in [0.3, 0.4) is 0 Å². The van der Waals surface area contributed by atoms with E-state index in [4.69, 9.17) is 11.5 Å². The van der Waals surface area contributed by atoms with Crippen LogP contribution in [0.2, 0.25) is 0 Å². The first kappa shape index (κ1) is 11.6. The number of unbranched alkanes of at least 4 members (excludes halogenated alkanes) is 1. The topological polar surface area (TPSA) is 69.1 Å². The maximum Gasteiger partial charge on any atom is 0.156 e. The lowest BCUT2D eigenvalue weighted by molar-refractivity contribution is -0.118. The first-order valence-electron chi connectivity index (χ1n) is 4.39. The Labute approximate surface area is 74.5 Å². The summed E-state index contributed by atoms with van der Waals surface area (Å²) < 4.78 is 0. The van der Waals surface area contributed by atoms with E-state index in [2.05, 4.69) is 0 Å². The predicted octanol–water partition coefficient (Wildman–Crippen LogP) is 0.626. The molecule has 71 valence electrons. The molecule has 3 heteroatoms. The first-order valence-corrected chi connectivity index (χ1v) is 4.39. The smallest absolute Gasteiger partial charge is 0.156 e. The van der Waals surface area contributed by atoms with E-state index in [0.717, 1.165) is 25.2 Å². The molecule has 0 aliphatic rings. The van der Waals surface area contributed by atoms with Crippen molar-refractivity contribution in [2.75, 3.05) is 6.54 Å². The number of rotatable bonds is 6. The predicted molar refractivity (Wildman–Crippen MR) is 50.5 cm³/mol. The van der Waals surface area contributed by atoms with Gasteiger partial charge in [0, 0.05) is 5.92 Å². The standard InChI is InChI=1S/C9H19N2O/c1-7(2)9(12)8(11)5-3-4-6-10/h8H,3-6,10-11H2,1-2H3/t8-/m0/s1. The van der Waals surface area contributed by atoms with E-state index in [1.165, 1.54) is 0 Å². The largest absolute Gasteiger partial charge is 0.330 e. The van der Waals surface area contributed by atoms with Crippen molar-refractivity contribution in [2.45, 2.75) is 39.2 Å². The van der Waals surface area contributed by atoms with Gasteiger partial charge < -0.3 is 11.5 Å². The van der Waals surface area contributed by atoms with Gasteiger partial charge in [-0.1, -0.05) is 20.3 Å². The number of ketones is 1. The van der Waals surface area contributed by atoms with E-state index < -0.39 is 0 Å². The Kier molecular flexibility index (Phi) is 5.93. The highest BCUT2D eigenvalue weighted by atomic mass is 16.1. The number of carbonyl (C=O) groups is 1. The Morgan fingerprint density at radius 1 is 1.33 bits per heavy atom. The summed E-state index contributed by atoms with van der Waals surface area (Å²) in [7, 11) is 0. The minimum atomic E-state index is -0.318. The van der Waals surface area contributed by atoms with Gasteiger partial charge in [0.05, 0.1) is 6.04 Å². The lowest BCUT2D eigenvalue weighted by Crippen LogP contribution is -2.32. The van der Waals surface area contributed by atoms with Crippen LogP contribution >= 0.6 is 0 Å². The summed E-state index contributed by atoms with van der Waals surface area (Å²) in [6, 6.07) is -0.318. The number of Topliss-reactive ketones (excluding diaryl/α,β-unsaturated/α-hetero) is 1. The van der Waals surface area contributed by atoms with E-state index in [-0.39, 0.29) is 11.8 Å². The Bertz CT molecular complexity index is 134. The number of nitrogens with two attached hydrogens (primary N) is 2. The highest BCUT2D eigenvalue weighted by molar-refractivity contribution is 5.95. The Hall–Kier alpha value is -0.410. The highest BCUT2D eigenvalue weighted by Gasteiger charge is 2.16. The molecule has 0 aromatic carbocycles. The molecule has 0 rings (SSSR count). The van der Waals surface area contributed by atoms with Crippen molar-refractivity contribution < 1.29 is 4.79 Å². The fourth-order valence-electron chi connectivity index (χ4n) is 1.01. The molecule has 0 aliphatic heterocycles. The van der Waals surface area contributed by atoms with Gasteiger partial charge in [-0.05, 0) is 19.4 Å². The van der Waals surface area contributed by atoms with Crippen LogP contribution in [0.1, 0.15) is 33.1 Å². The Balaban J connectivity index is 3.57. The summed E-state index contributed by atoms with van der Waals surface area (Å²) >= 11 is 0. The van der Waals surface area contributed by atoms with Gasteiger partial charge >= 0.3 is 0 Å². The molecule has 0 unspecified atom stereocenters. The average molecular weight is 171 g/mol. The van der Waals surface area contributed by atoms with Crippen molar-refractivity contribution in [3.05, 3.63) is 5.92 Å². The molecule has 0 aliphatic carbocycles. The van der Waals surface area contributed by atoms with Crippen molar-refractivity contribution in [1.29, 1.82) is 0 Å². The monoisotopic (exact) mass is 171 g/mol. The zero-order valence-corrected chi connectivity index (χ0v) is 7.97. The first-order chi connectivity index (χ1) is 5.59. The zero-order chi connectivity index (χ0) is 9.56. The maximum atomic E-state index is 11.2. The third-order valence-corrected chi connectivity index (χ3v) is 1.80. The molecular formula is C9H19N2O. The Morgan fingerprint density at radius 2 is 1.92 bits per heavy atom. The lowest BCUT2D eigenvalue weighted by Gasteiger charge is -2.11. The SMILES string of the molecule is C[C](C)C(=O)[C@@H](N)CCCCN. The van der Waals surface area contributed by atoms with Gasteiger partial charge in [0.1, 0.15) is 0 Å². The van der Waals surface area contributed by atoms with Gasteiger partial charge in [-0.25, -0.2) is 0 Å². The molecule has 0 amide bonds. The second-order valence-electron chi connectivity index (χ2n) is 3.26. The van der Waals surface area contributed by atoms with Crippen molar-refractivity contribution in [3.63, 3.8) is 0 Å². The second kappa shape index (κ2) is 6.14. The molecule has 1 atom stereocenters. The van der Waals surface area contributed by atoms with Crippen LogP contribution in [0.25, 0.3) is 0 Å². The Morgan fingerprint density at radius 3 is 2.33 bits per heavy atom. The van der Waals surface area contributed by atoms with Crippen molar-refractivity contribution >= 4 is 5.78 Å². The zero-order valence-electron chi connectivity index (χ0n) is 7.97. The molecule has 3 nitrogen and oxygen atoms in total. The number of hydrogen-bond acceptors (Lipinski definition) is 3. The summed E-state index contributed by atoms with van der Waals surface area (Å²) in [5, 5.41) is 0. The van der Waals surface area contributed by atoms with Gasteiger partial charge in [0.25, 0.3) is 0 Å². The summed E-state index contributed by atoms with van der Waals surface area (Å²) in [6.07, 6.45) is 2.64. The van der Waals surface area contributed by atoms with Crippen molar-refractivity contribution in [3.8, 4) is 0 Å². The molecular weight excluding hydrogens is 152 g/mol. The van der Waals surface area contributed by atoms with Gasteiger partial charge in [-0.15, -0.1) is 0 Å². The lowest BCUT2D eigenvalue weighted by atomic mass is 9.98. The van der Waals surface area contributed by atoms with Gasteiger partial charge in [0.2, 0.25) is 0 Å². The third-order valence-electron chi connectivity index (χ3n) is 1.80. The van der Waals surface area contributed by atoms with Crippen LogP contribution in [0.4, 0.5) is 0 Å². The molecule has 0 bridgehead atoms. The normalized spacial score (nSPS) is 13.4.